The second-order valence-electron chi connectivity index (χ2n) is 5.88. The highest BCUT2D eigenvalue weighted by Gasteiger charge is 2.19. The van der Waals surface area contributed by atoms with Gasteiger partial charge in [-0.15, -0.1) is 0 Å². The van der Waals surface area contributed by atoms with E-state index in [1.807, 2.05) is 31.2 Å². The average molecular weight is 392 g/mol. The highest BCUT2D eigenvalue weighted by Crippen LogP contribution is 2.27. The largest absolute Gasteiger partial charge is 0.495 e. The molecular weight excluding hydrogens is 370 g/mol. The number of carbonyl (C=O) groups excluding carboxylic acids is 2. The van der Waals surface area contributed by atoms with E-state index in [4.69, 9.17) is 25.8 Å². The van der Waals surface area contributed by atoms with Crippen LogP contribution in [0.1, 0.15) is 18.9 Å². The monoisotopic (exact) mass is 391 g/mol. The number of benzene rings is 2. The van der Waals surface area contributed by atoms with E-state index < -0.39 is 18.0 Å². The van der Waals surface area contributed by atoms with Crippen molar-refractivity contribution < 1.29 is 23.8 Å². The molecule has 2 aromatic carbocycles. The Morgan fingerprint density at radius 2 is 1.96 bits per heavy atom. The minimum Gasteiger partial charge on any atom is -0.495 e. The molecule has 1 amide bonds. The van der Waals surface area contributed by atoms with Gasteiger partial charge in [-0.2, -0.15) is 0 Å². The number of rotatable bonds is 8. The molecule has 0 saturated carbocycles. The Morgan fingerprint density at radius 3 is 2.67 bits per heavy atom. The van der Waals surface area contributed by atoms with Gasteiger partial charge in [0.15, 0.2) is 6.10 Å². The quantitative estimate of drug-likeness (QED) is 0.688. The van der Waals surface area contributed by atoms with E-state index in [2.05, 4.69) is 5.32 Å². The maximum absolute atomic E-state index is 12.2. The van der Waals surface area contributed by atoms with Gasteiger partial charge >= 0.3 is 5.97 Å². The predicted molar refractivity (Wildman–Crippen MR) is 103 cm³/mol. The van der Waals surface area contributed by atoms with Crippen molar-refractivity contribution in [3.05, 3.63) is 53.1 Å². The minimum absolute atomic E-state index is 0.0338. The molecule has 0 aliphatic heterocycles. The molecule has 0 aliphatic carbocycles. The lowest BCUT2D eigenvalue weighted by atomic mass is 10.2. The number of carbonyl (C=O) groups is 2. The second-order valence-corrected chi connectivity index (χ2v) is 6.32. The van der Waals surface area contributed by atoms with E-state index in [9.17, 15) is 9.59 Å². The van der Waals surface area contributed by atoms with Crippen LogP contribution in [0.2, 0.25) is 5.02 Å². The maximum atomic E-state index is 12.2. The third-order valence-corrected chi connectivity index (χ3v) is 3.90. The smallest absolute Gasteiger partial charge is 0.310 e. The van der Waals surface area contributed by atoms with Gasteiger partial charge in [-0.25, -0.2) is 0 Å². The fraction of sp³-hybridized carbons (Fsp3) is 0.300. The second kappa shape index (κ2) is 9.83. The van der Waals surface area contributed by atoms with Crippen LogP contribution in [0.4, 0.5) is 5.69 Å². The zero-order valence-corrected chi connectivity index (χ0v) is 16.2. The van der Waals surface area contributed by atoms with Gasteiger partial charge in [-0.05, 0) is 49.7 Å². The summed E-state index contributed by atoms with van der Waals surface area (Å²) in [6, 6.07) is 12.4. The highest BCUT2D eigenvalue weighted by atomic mass is 35.5. The van der Waals surface area contributed by atoms with Crippen LogP contribution in [0, 0.1) is 6.92 Å². The lowest BCUT2D eigenvalue weighted by molar-refractivity contribution is -0.153. The van der Waals surface area contributed by atoms with Crippen molar-refractivity contribution in [3.63, 3.8) is 0 Å². The van der Waals surface area contributed by atoms with Crippen LogP contribution in [-0.2, 0) is 14.3 Å². The number of halogens is 1. The standard InChI is InChI=1S/C20H22ClNO5/c1-13-5-4-6-16(11-13)26-10-9-19(23)27-14(2)20(24)22-17-12-15(21)7-8-18(17)25-3/h4-8,11-12,14H,9-10H2,1-3H3,(H,22,24). The molecule has 6 nitrogen and oxygen atoms in total. The molecule has 0 heterocycles. The Kier molecular flexibility index (Phi) is 7.49. The van der Waals surface area contributed by atoms with Crippen LogP contribution in [-0.4, -0.2) is 31.7 Å². The fourth-order valence-electron chi connectivity index (χ4n) is 2.28. The molecule has 27 heavy (non-hydrogen) atoms. The van der Waals surface area contributed by atoms with E-state index in [0.29, 0.717) is 22.2 Å². The number of anilines is 1. The van der Waals surface area contributed by atoms with Crippen LogP contribution in [0.15, 0.2) is 42.5 Å². The molecule has 0 aliphatic rings. The van der Waals surface area contributed by atoms with Gasteiger partial charge in [-0.1, -0.05) is 23.7 Å². The first-order valence-electron chi connectivity index (χ1n) is 8.42. The summed E-state index contributed by atoms with van der Waals surface area (Å²) in [6.45, 7) is 3.61. The Balaban J connectivity index is 1.81. The molecule has 2 aromatic rings. The molecule has 144 valence electrons. The normalized spacial score (nSPS) is 11.4. The number of aryl methyl sites for hydroxylation is 1. The van der Waals surface area contributed by atoms with Crippen molar-refractivity contribution in [1.82, 2.24) is 0 Å². The number of hydrogen-bond acceptors (Lipinski definition) is 5. The third kappa shape index (κ3) is 6.49. The molecule has 0 fully saturated rings. The van der Waals surface area contributed by atoms with Crippen molar-refractivity contribution in [1.29, 1.82) is 0 Å². The summed E-state index contributed by atoms with van der Waals surface area (Å²) in [4.78, 5) is 24.2. The molecule has 0 saturated heterocycles. The number of amides is 1. The van der Waals surface area contributed by atoms with Gasteiger partial charge in [0, 0.05) is 5.02 Å². The van der Waals surface area contributed by atoms with Gasteiger partial charge in [0.05, 0.1) is 25.8 Å². The number of hydrogen-bond donors (Lipinski definition) is 1. The van der Waals surface area contributed by atoms with E-state index in [1.54, 1.807) is 18.2 Å². The number of ether oxygens (including phenoxy) is 3. The van der Waals surface area contributed by atoms with Gasteiger partial charge in [0.1, 0.15) is 11.5 Å². The van der Waals surface area contributed by atoms with Crippen LogP contribution in [0.5, 0.6) is 11.5 Å². The first-order chi connectivity index (χ1) is 12.9. The lowest BCUT2D eigenvalue weighted by Crippen LogP contribution is -2.30. The summed E-state index contributed by atoms with van der Waals surface area (Å²) in [7, 11) is 1.48. The number of nitrogens with one attached hydrogen (secondary N) is 1. The van der Waals surface area contributed by atoms with Crippen LogP contribution < -0.4 is 14.8 Å². The molecular formula is C20H22ClNO5. The van der Waals surface area contributed by atoms with E-state index in [1.165, 1.54) is 14.0 Å². The molecule has 1 N–H and O–H groups in total. The Morgan fingerprint density at radius 1 is 1.19 bits per heavy atom. The highest BCUT2D eigenvalue weighted by molar-refractivity contribution is 6.31. The lowest BCUT2D eigenvalue weighted by Gasteiger charge is -2.15. The van der Waals surface area contributed by atoms with Crippen molar-refractivity contribution in [3.8, 4) is 11.5 Å². The van der Waals surface area contributed by atoms with Gasteiger partial charge < -0.3 is 19.5 Å². The molecule has 0 aromatic heterocycles. The molecule has 7 heteroatoms. The summed E-state index contributed by atoms with van der Waals surface area (Å²) in [5, 5.41) is 3.09. The SMILES string of the molecule is COc1ccc(Cl)cc1NC(=O)C(C)OC(=O)CCOc1cccc(C)c1. The predicted octanol–water partition coefficient (Wildman–Crippen LogP) is 4.00. The molecule has 0 bridgehead atoms. The summed E-state index contributed by atoms with van der Waals surface area (Å²) >= 11 is 5.93. The van der Waals surface area contributed by atoms with Crippen LogP contribution in [0.3, 0.4) is 0 Å². The summed E-state index contributed by atoms with van der Waals surface area (Å²) in [5.41, 5.74) is 1.47. The number of esters is 1. The summed E-state index contributed by atoms with van der Waals surface area (Å²) < 4.78 is 15.8. The minimum atomic E-state index is -0.972. The fourth-order valence-corrected chi connectivity index (χ4v) is 2.45. The van der Waals surface area contributed by atoms with E-state index >= 15 is 0 Å². The summed E-state index contributed by atoms with van der Waals surface area (Å²) in [6.07, 6.45) is -0.938. The molecule has 1 atom stereocenters. The zero-order chi connectivity index (χ0) is 19.8. The molecule has 0 radical (unpaired) electrons. The van der Waals surface area contributed by atoms with Gasteiger partial charge in [-0.3, -0.25) is 9.59 Å². The first kappa shape index (κ1) is 20.6. The van der Waals surface area contributed by atoms with E-state index in [-0.39, 0.29) is 13.0 Å². The Labute approximate surface area is 163 Å². The van der Waals surface area contributed by atoms with Crippen molar-refractivity contribution >= 4 is 29.2 Å². The average Bonchev–Trinajstić information content (AvgIpc) is 2.62. The number of methoxy groups -OCH3 is 1. The molecule has 0 spiro atoms. The third-order valence-electron chi connectivity index (χ3n) is 3.66. The van der Waals surface area contributed by atoms with Crippen LogP contribution >= 0.6 is 11.6 Å². The molecule has 1 unspecified atom stereocenters. The van der Waals surface area contributed by atoms with E-state index in [0.717, 1.165) is 5.56 Å². The van der Waals surface area contributed by atoms with Gasteiger partial charge in [0.2, 0.25) is 0 Å². The topological polar surface area (TPSA) is 73.9 Å². The van der Waals surface area contributed by atoms with Crippen molar-refractivity contribution in [2.45, 2.75) is 26.4 Å². The van der Waals surface area contributed by atoms with Crippen molar-refractivity contribution in [2.75, 3.05) is 19.0 Å². The van der Waals surface area contributed by atoms with Crippen molar-refractivity contribution in [2.24, 2.45) is 0 Å². The Hall–Kier alpha value is -2.73. The molecule has 2 rings (SSSR count). The Bertz CT molecular complexity index is 809. The summed E-state index contributed by atoms with van der Waals surface area (Å²) in [5.74, 6) is 0.131. The first-order valence-corrected chi connectivity index (χ1v) is 8.80. The maximum Gasteiger partial charge on any atom is 0.310 e. The van der Waals surface area contributed by atoms with Gasteiger partial charge in [0.25, 0.3) is 5.91 Å². The zero-order valence-electron chi connectivity index (χ0n) is 15.5. The van der Waals surface area contributed by atoms with Crippen LogP contribution in [0.25, 0.3) is 0 Å².